The first-order valence-corrected chi connectivity index (χ1v) is 11.5. The van der Waals surface area contributed by atoms with Crippen LogP contribution in [0.1, 0.15) is 27.2 Å². The van der Waals surface area contributed by atoms with Crippen LogP contribution in [0.5, 0.6) is 0 Å². The lowest BCUT2D eigenvalue weighted by molar-refractivity contribution is -0.133. The number of nitrogens with one attached hydrogen (secondary N) is 3. The van der Waals surface area contributed by atoms with Gasteiger partial charge in [-0.2, -0.15) is 0 Å². The van der Waals surface area contributed by atoms with Gasteiger partial charge in [-0.3, -0.25) is 19.8 Å². The number of benzene rings is 3. The maximum absolute atomic E-state index is 13.1. The van der Waals surface area contributed by atoms with E-state index in [0.717, 1.165) is 16.7 Å². The van der Waals surface area contributed by atoms with Crippen molar-refractivity contribution in [2.24, 2.45) is 0 Å². The molecular formula is C26H22Cl2N4O3. The maximum atomic E-state index is 13.1. The van der Waals surface area contributed by atoms with E-state index in [2.05, 4.69) is 16.1 Å². The fourth-order valence-corrected chi connectivity index (χ4v) is 3.86. The number of rotatable bonds is 4. The van der Waals surface area contributed by atoms with Crippen LogP contribution in [0.15, 0.2) is 60.7 Å². The molecule has 0 aliphatic rings. The van der Waals surface area contributed by atoms with Gasteiger partial charge in [0.2, 0.25) is 0 Å². The van der Waals surface area contributed by atoms with E-state index < -0.39 is 17.7 Å². The molecule has 0 unspecified atom stereocenters. The fourth-order valence-electron chi connectivity index (χ4n) is 3.50. The van der Waals surface area contributed by atoms with Crippen LogP contribution in [0.3, 0.4) is 0 Å². The molecule has 35 heavy (non-hydrogen) atoms. The quantitative estimate of drug-likeness (QED) is 0.302. The van der Waals surface area contributed by atoms with E-state index in [4.69, 9.17) is 23.2 Å². The molecule has 0 bridgehead atoms. The minimum atomic E-state index is -0.942. The van der Waals surface area contributed by atoms with Gasteiger partial charge in [0.25, 0.3) is 5.91 Å². The van der Waals surface area contributed by atoms with Crippen molar-refractivity contribution >= 4 is 63.2 Å². The minimum Gasteiger partial charge on any atom is -0.321 e. The van der Waals surface area contributed by atoms with E-state index in [9.17, 15) is 14.4 Å². The summed E-state index contributed by atoms with van der Waals surface area (Å²) in [4.78, 5) is 38.5. The van der Waals surface area contributed by atoms with Gasteiger partial charge in [0.1, 0.15) is 5.69 Å². The molecule has 0 radical (unpaired) electrons. The molecule has 0 saturated carbocycles. The monoisotopic (exact) mass is 508 g/mol. The van der Waals surface area contributed by atoms with Gasteiger partial charge in [-0.15, -0.1) is 0 Å². The molecule has 3 N–H and O–H groups in total. The van der Waals surface area contributed by atoms with Crippen molar-refractivity contribution in [3.05, 3.63) is 93.1 Å². The normalized spacial score (nSPS) is 10.8. The summed E-state index contributed by atoms with van der Waals surface area (Å²) in [5, 5.41) is 6.93. The Morgan fingerprint density at radius 3 is 2.09 bits per heavy atom. The molecule has 0 fully saturated rings. The summed E-state index contributed by atoms with van der Waals surface area (Å²) in [5.74, 6) is -2.32. The number of aryl methyl sites for hydroxylation is 3. The van der Waals surface area contributed by atoms with Crippen LogP contribution in [0.2, 0.25) is 10.0 Å². The van der Waals surface area contributed by atoms with E-state index in [1.165, 1.54) is 4.68 Å². The SMILES string of the molecule is Cc1ccc(NC(=O)C(=O)Nn2c(C(=O)Nc3ccc(C)c(Cl)c3)cc3cc(Cl)ccc32)cc1C. The van der Waals surface area contributed by atoms with Gasteiger partial charge >= 0.3 is 11.8 Å². The molecular weight excluding hydrogens is 487 g/mol. The standard InChI is InChI=1S/C26H22Cl2N4O3/c1-14-4-7-19(10-16(14)3)30-25(34)26(35)31-32-22-9-6-18(27)11-17(22)12-23(32)24(33)29-20-8-5-15(2)21(28)13-20/h4-13H,1-3H3,(H,29,33)(H,30,34)(H,31,35). The van der Waals surface area contributed by atoms with Crippen LogP contribution in [-0.2, 0) is 9.59 Å². The highest BCUT2D eigenvalue weighted by atomic mass is 35.5. The summed E-state index contributed by atoms with van der Waals surface area (Å²) in [6.07, 6.45) is 0. The predicted octanol–water partition coefficient (Wildman–Crippen LogP) is 5.83. The molecule has 4 rings (SSSR count). The molecule has 4 aromatic rings. The fraction of sp³-hybridized carbons (Fsp3) is 0.115. The average Bonchev–Trinajstić information content (AvgIpc) is 3.16. The summed E-state index contributed by atoms with van der Waals surface area (Å²) in [6.45, 7) is 5.72. The van der Waals surface area contributed by atoms with Crippen molar-refractivity contribution in [3.8, 4) is 0 Å². The molecule has 0 atom stereocenters. The molecule has 7 nitrogen and oxygen atoms in total. The highest BCUT2D eigenvalue weighted by molar-refractivity contribution is 6.42. The second-order valence-electron chi connectivity index (χ2n) is 8.18. The lowest BCUT2D eigenvalue weighted by Crippen LogP contribution is -2.36. The van der Waals surface area contributed by atoms with Gasteiger partial charge in [0, 0.05) is 26.8 Å². The molecule has 1 aromatic heterocycles. The molecule has 9 heteroatoms. The molecule has 178 valence electrons. The first-order valence-electron chi connectivity index (χ1n) is 10.7. The number of hydrogen-bond acceptors (Lipinski definition) is 3. The predicted molar refractivity (Wildman–Crippen MR) is 140 cm³/mol. The second kappa shape index (κ2) is 9.82. The van der Waals surface area contributed by atoms with Gasteiger partial charge in [0.05, 0.1) is 5.52 Å². The minimum absolute atomic E-state index is 0.103. The molecule has 0 aliphatic carbocycles. The van der Waals surface area contributed by atoms with Crippen molar-refractivity contribution in [1.29, 1.82) is 0 Å². The topological polar surface area (TPSA) is 92.2 Å². The average molecular weight is 509 g/mol. The summed E-state index contributed by atoms with van der Waals surface area (Å²) in [7, 11) is 0. The summed E-state index contributed by atoms with van der Waals surface area (Å²) in [6, 6.07) is 17.0. The van der Waals surface area contributed by atoms with E-state index in [0.29, 0.717) is 32.3 Å². The van der Waals surface area contributed by atoms with E-state index in [1.54, 1.807) is 54.6 Å². The number of amides is 3. The summed E-state index contributed by atoms with van der Waals surface area (Å²) < 4.78 is 1.26. The maximum Gasteiger partial charge on any atom is 0.328 e. The van der Waals surface area contributed by atoms with E-state index >= 15 is 0 Å². The second-order valence-corrected chi connectivity index (χ2v) is 9.02. The highest BCUT2D eigenvalue weighted by Gasteiger charge is 2.21. The molecule has 3 aromatic carbocycles. The number of carbonyl (C=O) groups excluding carboxylic acids is 3. The van der Waals surface area contributed by atoms with Gasteiger partial charge < -0.3 is 10.6 Å². The Morgan fingerprint density at radius 1 is 0.714 bits per heavy atom. The smallest absolute Gasteiger partial charge is 0.321 e. The number of nitrogens with zero attached hydrogens (tertiary/aromatic N) is 1. The number of hydrogen-bond donors (Lipinski definition) is 3. The lowest BCUT2D eigenvalue weighted by atomic mass is 10.1. The molecule has 0 aliphatic heterocycles. The zero-order valence-corrected chi connectivity index (χ0v) is 20.7. The van der Waals surface area contributed by atoms with Crippen LogP contribution in [0.4, 0.5) is 11.4 Å². The molecule has 1 heterocycles. The summed E-state index contributed by atoms with van der Waals surface area (Å²) in [5.41, 5.74) is 7.01. The Morgan fingerprint density at radius 2 is 1.40 bits per heavy atom. The van der Waals surface area contributed by atoms with Crippen LogP contribution in [0, 0.1) is 20.8 Å². The third-order valence-electron chi connectivity index (χ3n) is 5.61. The number of anilines is 2. The van der Waals surface area contributed by atoms with Crippen LogP contribution in [0.25, 0.3) is 10.9 Å². The molecule has 3 amide bonds. The largest absolute Gasteiger partial charge is 0.328 e. The molecule has 0 saturated heterocycles. The van der Waals surface area contributed by atoms with Gasteiger partial charge in [-0.1, -0.05) is 35.3 Å². The zero-order chi connectivity index (χ0) is 25.3. The van der Waals surface area contributed by atoms with Crippen molar-refractivity contribution in [1.82, 2.24) is 4.68 Å². The van der Waals surface area contributed by atoms with Gasteiger partial charge in [-0.25, -0.2) is 4.68 Å². The highest BCUT2D eigenvalue weighted by Crippen LogP contribution is 2.25. The number of aromatic nitrogens is 1. The van der Waals surface area contributed by atoms with Crippen LogP contribution in [-0.4, -0.2) is 22.4 Å². The van der Waals surface area contributed by atoms with Crippen LogP contribution < -0.4 is 16.1 Å². The summed E-state index contributed by atoms with van der Waals surface area (Å²) >= 11 is 12.3. The number of halogens is 2. The third-order valence-corrected chi connectivity index (χ3v) is 6.25. The first-order chi connectivity index (χ1) is 16.6. The van der Waals surface area contributed by atoms with Crippen molar-refractivity contribution in [2.75, 3.05) is 16.1 Å². The van der Waals surface area contributed by atoms with Gasteiger partial charge in [0.15, 0.2) is 0 Å². The van der Waals surface area contributed by atoms with Gasteiger partial charge in [-0.05, 0) is 86.0 Å². The Bertz CT molecular complexity index is 1490. The number of carbonyl (C=O) groups is 3. The van der Waals surface area contributed by atoms with Crippen molar-refractivity contribution < 1.29 is 14.4 Å². The van der Waals surface area contributed by atoms with E-state index in [1.807, 2.05) is 26.8 Å². The Labute approximate surface area is 212 Å². The Balaban J connectivity index is 1.62. The van der Waals surface area contributed by atoms with Crippen molar-refractivity contribution in [3.63, 3.8) is 0 Å². The van der Waals surface area contributed by atoms with Crippen LogP contribution >= 0.6 is 23.2 Å². The Hall–Kier alpha value is -3.81. The first kappa shape index (κ1) is 24.3. The van der Waals surface area contributed by atoms with E-state index in [-0.39, 0.29) is 5.69 Å². The Kier molecular flexibility index (Phi) is 6.82. The zero-order valence-electron chi connectivity index (χ0n) is 19.2. The number of fused-ring (bicyclic) bond motifs is 1. The lowest BCUT2D eigenvalue weighted by Gasteiger charge is -2.13. The molecule has 0 spiro atoms. The third kappa shape index (κ3) is 5.31. The van der Waals surface area contributed by atoms with Crippen molar-refractivity contribution in [2.45, 2.75) is 20.8 Å².